The van der Waals surface area contributed by atoms with Crippen molar-refractivity contribution in [3.63, 3.8) is 0 Å². The molecular weight excluding hydrogens is 342 g/mol. The third-order valence-electron chi connectivity index (χ3n) is 5.58. The molecule has 0 radical (unpaired) electrons. The molecule has 4 rings (SSSR count). The largest absolute Gasteiger partial charge is 0.369 e. The summed E-state index contributed by atoms with van der Waals surface area (Å²) in [7, 11) is 0. The average molecular weight is 367 g/mol. The molecule has 142 valence electrons. The fourth-order valence-electron chi connectivity index (χ4n) is 4.09. The summed E-state index contributed by atoms with van der Waals surface area (Å²) in [6.45, 7) is 5.36. The van der Waals surface area contributed by atoms with Gasteiger partial charge in [0.05, 0.1) is 6.33 Å². The fourth-order valence-corrected chi connectivity index (χ4v) is 4.09. The lowest BCUT2D eigenvalue weighted by Crippen LogP contribution is -2.56. The monoisotopic (exact) mass is 367 g/mol. The van der Waals surface area contributed by atoms with Gasteiger partial charge in [0.2, 0.25) is 0 Å². The summed E-state index contributed by atoms with van der Waals surface area (Å²) in [5.74, 6) is -0.211. The Bertz CT molecular complexity index is 830. The zero-order valence-corrected chi connectivity index (χ0v) is 15.4. The highest BCUT2D eigenvalue weighted by molar-refractivity contribution is 5.93. The molecule has 0 aliphatic carbocycles. The highest BCUT2D eigenvalue weighted by Crippen LogP contribution is 2.21. The maximum Gasteiger partial charge on any atom is 0.263 e. The first-order valence-corrected chi connectivity index (χ1v) is 9.58. The first-order valence-electron chi connectivity index (χ1n) is 9.58. The van der Waals surface area contributed by atoms with Crippen LogP contribution in [0, 0.1) is 0 Å². The Balaban J connectivity index is 1.37. The van der Waals surface area contributed by atoms with E-state index < -0.39 is 0 Å². The van der Waals surface area contributed by atoms with E-state index in [0.29, 0.717) is 19.1 Å². The second kappa shape index (κ2) is 7.92. The summed E-state index contributed by atoms with van der Waals surface area (Å²) >= 11 is 0. The number of para-hydroxylation sites is 1. The number of piperazine rings is 1. The Kier molecular flexibility index (Phi) is 5.20. The molecule has 7 nitrogen and oxygen atoms in total. The molecule has 3 heterocycles. The first kappa shape index (κ1) is 17.7. The van der Waals surface area contributed by atoms with E-state index in [1.807, 2.05) is 11.0 Å². The van der Waals surface area contributed by atoms with Crippen molar-refractivity contribution in [2.45, 2.75) is 18.9 Å². The van der Waals surface area contributed by atoms with Crippen LogP contribution < -0.4 is 10.5 Å². The van der Waals surface area contributed by atoms with Crippen LogP contribution in [0.2, 0.25) is 0 Å². The number of hydrogen-bond donors (Lipinski definition) is 1. The van der Waals surface area contributed by atoms with Crippen LogP contribution in [0.5, 0.6) is 0 Å². The molecule has 2 aliphatic rings. The predicted molar refractivity (Wildman–Crippen MR) is 104 cm³/mol. The minimum Gasteiger partial charge on any atom is -0.369 e. The number of anilines is 1. The van der Waals surface area contributed by atoms with Crippen molar-refractivity contribution in [1.29, 1.82) is 0 Å². The van der Waals surface area contributed by atoms with E-state index in [4.69, 9.17) is 0 Å². The van der Waals surface area contributed by atoms with Crippen LogP contribution >= 0.6 is 0 Å². The van der Waals surface area contributed by atoms with Crippen molar-refractivity contribution in [2.75, 3.05) is 44.2 Å². The van der Waals surface area contributed by atoms with E-state index in [1.54, 1.807) is 0 Å². The van der Waals surface area contributed by atoms with Crippen molar-refractivity contribution in [3.8, 4) is 0 Å². The van der Waals surface area contributed by atoms with Gasteiger partial charge >= 0.3 is 0 Å². The number of hydrogen-bond acceptors (Lipinski definition) is 5. The van der Waals surface area contributed by atoms with Gasteiger partial charge in [-0.25, -0.2) is 4.98 Å². The van der Waals surface area contributed by atoms with Crippen molar-refractivity contribution >= 4 is 11.6 Å². The Hall–Kier alpha value is -2.67. The molecule has 2 saturated heterocycles. The van der Waals surface area contributed by atoms with Gasteiger partial charge in [-0.3, -0.25) is 14.5 Å². The Morgan fingerprint density at radius 2 is 1.85 bits per heavy atom. The summed E-state index contributed by atoms with van der Waals surface area (Å²) in [6, 6.07) is 10.9. The minimum absolute atomic E-state index is 0.132. The number of amides is 1. The van der Waals surface area contributed by atoms with Gasteiger partial charge in [-0.05, 0) is 25.0 Å². The van der Waals surface area contributed by atoms with Crippen molar-refractivity contribution in [3.05, 3.63) is 58.8 Å². The molecule has 0 saturated carbocycles. The third kappa shape index (κ3) is 3.88. The van der Waals surface area contributed by atoms with Gasteiger partial charge in [-0.15, -0.1) is 0 Å². The molecule has 2 fully saturated rings. The van der Waals surface area contributed by atoms with E-state index in [2.05, 4.69) is 44.0 Å². The summed E-state index contributed by atoms with van der Waals surface area (Å²) < 4.78 is 0. The van der Waals surface area contributed by atoms with Crippen LogP contribution in [0.3, 0.4) is 0 Å². The second-order valence-corrected chi connectivity index (χ2v) is 7.20. The summed E-state index contributed by atoms with van der Waals surface area (Å²) in [6.07, 6.45) is 4.74. The van der Waals surface area contributed by atoms with Crippen LogP contribution in [-0.2, 0) is 0 Å². The molecule has 7 heteroatoms. The number of aromatic amines is 1. The quantitative estimate of drug-likeness (QED) is 0.883. The van der Waals surface area contributed by atoms with Gasteiger partial charge in [0, 0.05) is 57.2 Å². The lowest BCUT2D eigenvalue weighted by molar-refractivity contribution is 0.0561. The molecule has 0 bridgehead atoms. The normalized spacial score (nSPS) is 21.3. The van der Waals surface area contributed by atoms with Crippen molar-refractivity contribution < 1.29 is 4.79 Å². The fraction of sp³-hybridized carbons (Fsp3) is 0.450. The van der Waals surface area contributed by atoms with Gasteiger partial charge in [0.15, 0.2) is 0 Å². The van der Waals surface area contributed by atoms with Crippen molar-refractivity contribution in [1.82, 2.24) is 19.8 Å². The first-order chi connectivity index (χ1) is 13.2. The number of nitrogens with zero attached hydrogens (tertiary/aromatic N) is 4. The number of likely N-dealkylation sites (tertiary alicyclic amines) is 1. The number of nitrogens with one attached hydrogen (secondary N) is 1. The van der Waals surface area contributed by atoms with Crippen LogP contribution in [0.15, 0.2) is 47.7 Å². The third-order valence-corrected chi connectivity index (χ3v) is 5.58. The Morgan fingerprint density at radius 1 is 1.07 bits per heavy atom. The zero-order valence-electron chi connectivity index (χ0n) is 15.4. The topological polar surface area (TPSA) is 72.5 Å². The molecule has 0 spiro atoms. The molecular formula is C20H25N5O2. The molecule has 2 aliphatic heterocycles. The predicted octanol–water partition coefficient (Wildman–Crippen LogP) is 1.20. The second-order valence-electron chi connectivity index (χ2n) is 7.20. The van der Waals surface area contributed by atoms with Crippen molar-refractivity contribution in [2.24, 2.45) is 0 Å². The van der Waals surface area contributed by atoms with Gasteiger partial charge in [0.25, 0.3) is 11.5 Å². The standard InChI is InChI=1S/C20H25N5O2/c26-19-18(13-21-15-22-19)20(27)25-8-4-7-17(14-25)24-11-9-23(10-12-24)16-5-2-1-3-6-16/h1-3,5-6,13,15,17H,4,7-12,14H2,(H,21,22,26)/t17-/m1/s1. The number of carbonyl (C=O) groups excluding carboxylic acids is 1. The molecule has 2 aromatic rings. The smallest absolute Gasteiger partial charge is 0.263 e. The average Bonchev–Trinajstić information content (AvgIpc) is 2.74. The molecule has 1 aromatic carbocycles. The molecule has 1 amide bonds. The van der Waals surface area contributed by atoms with Gasteiger partial charge in [-0.1, -0.05) is 18.2 Å². The van der Waals surface area contributed by atoms with Crippen LogP contribution in [0.25, 0.3) is 0 Å². The van der Waals surface area contributed by atoms with E-state index in [9.17, 15) is 9.59 Å². The van der Waals surface area contributed by atoms with Gasteiger partial charge in [-0.2, -0.15) is 0 Å². The molecule has 0 unspecified atom stereocenters. The zero-order chi connectivity index (χ0) is 18.6. The molecule has 1 aromatic heterocycles. The van der Waals surface area contributed by atoms with E-state index in [0.717, 1.165) is 39.0 Å². The number of benzene rings is 1. The van der Waals surface area contributed by atoms with Gasteiger partial charge in [0.1, 0.15) is 5.56 Å². The maximum absolute atomic E-state index is 12.7. The van der Waals surface area contributed by atoms with Crippen LogP contribution in [0.1, 0.15) is 23.2 Å². The Labute approximate surface area is 158 Å². The number of rotatable bonds is 3. The summed E-state index contributed by atoms with van der Waals surface area (Å²) in [5.41, 5.74) is 1.04. The summed E-state index contributed by atoms with van der Waals surface area (Å²) in [4.78, 5) is 37.7. The molecule has 1 atom stereocenters. The number of aromatic nitrogens is 2. The van der Waals surface area contributed by atoms with Gasteiger partial charge < -0.3 is 14.8 Å². The van der Waals surface area contributed by atoms with E-state index in [-0.39, 0.29) is 17.0 Å². The SMILES string of the molecule is O=C(c1cnc[nH]c1=O)N1CCC[C@@H](N2CCN(c3ccccc3)CC2)C1. The van der Waals surface area contributed by atoms with Crippen LogP contribution in [0.4, 0.5) is 5.69 Å². The maximum atomic E-state index is 12.7. The van der Waals surface area contributed by atoms with E-state index in [1.165, 1.54) is 18.2 Å². The Morgan fingerprint density at radius 3 is 2.59 bits per heavy atom. The lowest BCUT2D eigenvalue weighted by atomic mass is 10.0. The van der Waals surface area contributed by atoms with E-state index >= 15 is 0 Å². The highest BCUT2D eigenvalue weighted by atomic mass is 16.2. The number of H-pyrrole nitrogens is 1. The number of carbonyl (C=O) groups is 1. The minimum atomic E-state index is -0.367. The molecule has 1 N–H and O–H groups in total. The lowest BCUT2D eigenvalue weighted by Gasteiger charge is -2.43. The highest BCUT2D eigenvalue weighted by Gasteiger charge is 2.31. The molecule has 27 heavy (non-hydrogen) atoms. The summed E-state index contributed by atoms with van der Waals surface area (Å²) in [5, 5.41) is 0. The number of piperidine rings is 1. The van der Waals surface area contributed by atoms with Crippen LogP contribution in [-0.4, -0.2) is 71.0 Å².